The summed E-state index contributed by atoms with van der Waals surface area (Å²) >= 11 is 1.91. The molecule has 0 N–H and O–H groups in total. The van der Waals surface area contributed by atoms with Gasteiger partial charge < -0.3 is 14.2 Å². The van der Waals surface area contributed by atoms with E-state index in [0.29, 0.717) is 11.6 Å². The van der Waals surface area contributed by atoms with Gasteiger partial charge in [0.25, 0.3) is 5.91 Å². The predicted molar refractivity (Wildman–Crippen MR) is 92.8 cm³/mol. The molecule has 6 nitrogen and oxygen atoms in total. The first-order chi connectivity index (χ1) is 12.2. The summed E-state index contributed by atoms with van der Waals surface area (Å²) in [5.41, 5.74) is 0.447. The van der Waals surface area contributed by atoms with Crippen molar-refractivity contribution < 1.29 is 14.1 Å². The molecule has 1 saturated carbocycles. The van der Waals surface area contributed by atoms with Gasteiger partial charge in [-0.25, -0.2) is 0 Å². The fourth-order valence-corrected chi connectivity index (χ4v) is 5.14. The van der Waals surface area contributed by atoms with Gasteiger partial charge in [-0.2, -0.15) is 0 Å². The zero-order valence-corrected chi connectivity index (χ0v) is 14.6. The average molecular weight is 357 g/mol. The van der Waals surface area contributed by atoms with E-state index in [1.165, 1.54) is 0 Å². The average Bonchev–Trinajstić information content (AvgIpc) is 3.17. The maximum Gasteiger partial charge on any atom is 0.276 e. The third-order valence-electron chi connectivity index (χ3n) is 5.08. The summed E-state index contributed by atoms with van der Waals surface area (Å²) in [5, 5.41) is 3.96. The molecule has 130 valence electrons. The molecule has 2 aromatic heterocycles. The predicted octanol–water partition coefficient (Wildman–Crippen LogP) is 2.73. The second-order valence-corrected chi connectivity index (χ2v) is 8.66. The molecule has 1 aliphatic carbocycles. The van der Waals surface area contributed by atoms with E-state index in [4.69, 9.17) is 9.26 Å². The molecule has 1 spiro atoms. The first-order valence-corrected chi connectivity index (χ1v) is 9.66. The third-order valence-corrected chi connectivity index (χ3v) is 6.66. The van der Waals surface area contributed by atoms with Gasteiger partial charge in [-0.15, -0.1) is 11.8 Å². The number of carbonyl (C=O) groups is 1. The molecule has 25 heavy (non-hydrogen) atoms. The van der Waals surface area contributed by atoms with Gasteiger partial charge in [-0.1, -0.05) is 5.16 Å². The number of likely N-dealkylation sites (tertiary alicyclic amines) is 1. The lowest BCUT2D eigenvalue weighted by atomic mass is 9.92. The van der Waals surface area contributed by atoms with Gasteiger partial charge in [0.05, 0.1) is 10.9 Å². The van der Waals surface area contributed by atoms with Crippen LogP contribution in [0.3, 0.4) is 0 Å². The number of amides is 1. The molecule has 1 atom stereocenters. The topological polar surface area (TPSA) is 68.5 Å². The summed E-state index contributed by atoms with van der Waals surface area (Å²) < 4.78 is 11.4. The molecule has 3 fully saturated rings. The highest BCUT2D eigenvalue weighted by molar-refractivity contribution is 8.01. The minimum Gasteiger partial charge on any atom is -0.488 e. The van der Waals surface area contributed by atoms with E-state index in [2.05, 4.69) is 10.1 Å². The lowest BCUT2D eigenvalue weighted by molar-refractivity contribution is 0.0507. The molecular weight excluding hydrogens is 338 g/mol. The summed E-state index contributed by atoms with van der Waals surface area (Å²) in [6.45, 7) is 1.52. The van der Waals surface area contributed by atoms with Crippen molar-refractivity contribution in [3.63, 3.8) is 0 Å². The largest absolute Gasteiger partial charge is 0.488 e. The Bertz CT molecular complexity index is 784. The summed E-state index contributed by atoms with van der Waals surface area (Å²) in [4.78, 5) is 18.5. The number of ether oxygens (including phenoxy) is 1. The van der Waals surface area contributed by atoms with Crippen LogP contribution in [-0.4, -0.2) is 50.6 Å². The molecule has 2 saturated heterocycles. The van der Waals surface area contributed by atoms with Crippen molar-refractivity contribution in [2.75, 3.05) is 18.8 Å². The van der Waals surface area contributed by atoms with E-state index in [9.17, 15) is 4.79 Å². The minimum absolute atomic E-state index is 0.0153. The number of nitrogens with zero attached hydrogens (tertiary/aromatic N) is 3. The molecule has 1 unspecified atom stereocenters. The fraction of sp³-hybridized carbons (Fsp3) is 0.500. The highest BCUT2D eigenvalue weighted by atomic mass is 32.2. The maximum atomic E-state index is 12.6. The number of thioether (sulfide) groups is 1. The second kappa shape index (κ2) is 5.76. The van der Waals surface area contributed by atoms with Crippen molar-refractivity contribution in [2.45, 2.75) is 36.0 Å². The molecule has 0 bridgehead atoms. The van der Waals surface area contributed by atoms with Gasteiger partial charge in [0.1, 0.15) is 17.6 Å². The SMILES string of the molecule is O=C(c1cc(C2CC2)on1)N1CC2(CC(Oc3cccnc3)CS2)C1. The molecule has 7 heteroatoms. The first kappa shape index (κ1) is 15.3. The summed E-state index contributed by atoms with van der Waals surface area (Å²) in [7, 11) is 0. The van der Waals surface area contributed by atoms with Crippen molar-refractivity contribution in [3.8, 4) is 5.75 Å². The minimum atomic E-state index is -0.0153. The summed E-state index contributed by atoms with van der Waals surface area (Å²) in [6.07, 6.45) is 6.91. The van der Waals surface area contributed by atoms with Gasteiger partial charge in [0, 0.05) is 43.4 Å². The number of pyridine rings is 1. The van der Waals surface area contributed by atoms with Gasteiger partial charge in [-0.3, -0.25) is 9.78 Å². The van der Waals surface area contributed by atoms with Crippen LogP contribution in [0, 0.1) is 0 Å². The Hall–Kier alpha value is -2.02. The van der Waals surface area contributed by atoms with Crippen molar-refractivity contribution in [3.05, 3.63) is 42.0 Å². The second-order valence-electron chi connectivity index (χ2n) is 7.18. The van der Waals surface area contributed by atoms with Gasteiger partial charge in [-0.05, 0) is 25.0 Å². The van der Waals surface area contributed by atoms with Crippen LogP contribution in [0.15, 0.2) is 35.1 Å². The Morgan fingerprint density at radius 2 is 2.28 bits per heavy atom. The van der Waals surface area contributed by atoms with Gasteiger partial charge in [0.2, 0.25) is 0 Å². The Morgan fingerprint density at radius 3 is 3.04 bits per heavy atom. The van der Waals surface area contributed by atoms with E-state index >= 15 is 0 Å². The monoisotopic (exact) mass is 357 g/mol. The van der Waals surface area contributed by atoms with Gasteiger partial charge in [0.15, 0.2) is 5.69 Å². The maximum absolute atomic E-state index is 12.6. The Kier molecular flexibility index (Phi) is 3.51. The number of hydrogen-bond acceptors (Lipinski definition) is 6. The Labute approximate surface area is 149 Å². The van der Waals surface area contributed by atoms with Crippen LogP contribution in [0.25, 0.3) is 0 Å². The lowest BCUT2D eigenvalue weighted by Crippen LogP contribution is -2.60. The molecule has 3 aliphatic rings. The van der Waals surface area contributed by atoms with Crippen molar-refractivity contribution in [2.24, 2.45) is 0 Å². The molecule has 5 rings (SSSR count). The summed E-state index contributed by atoms with van der Waals surface area (Å²) in [6, 6.07) is 5.63. The van der Waals surface area contributed by atoms with E-state index in [1.807, 2.05) is 34.9 Å². The Balaban J connectivity index is 1.17. The van der Waals surface area contributed by atoms with Crippen molar-refractivity contribution in [1.29, 1.82) is 0 Å². The number of aromatic nitrogens is 2. The van der Waals surface area contributed by atoms with Crippen LogP contribution >= 0.6 is 11.8 Å². The zero-order valence-electron chi connectivity index (χ0n) is 13.8. The molecule has 2 aliphatic heterocycles. The number of hydrogen-bond donors (Lipinski definition) is 0. The van der Waals surface area contributed by atoms with Crippen LogP contribution in [0.4, 0.5) is 0 Å². The fourth-order valence-electron chi connectivity index (χ4n) is 3.61. The third kappa shape index (κ3) is 2.90. The van der Waals surface area contributed by atoms with Crippen LogP contribution in [0.2, 0.25) is 0 Å². The summed E-state index contributed by atoms with van der Waals surface area (Å²) in [5.74, 6) is 3.09. The Morgan fingerprint density at radius 1 is 1.40 bits per heavy atom. The first-order valence-electron chi connectivity index (χ1n) is 8.67. The van der Waals surface area contributed by atoms with Crippen LogP contribution in [0.1, 0.15) is 41.4 Å². The molecule has 0 aromatic carbocycles. The van der Waals surface area contributed by atoms with Crippen LogP contribution in [-0.2, 0) is 0 Å². The highest BCUT2D eigenvalue weighted by Crippen LogP contribution is 2.46. The van der Waals surface area contributed by atoms with Crippen molar-refractivity contribution in [1.82, 2.24) is 15.0 Å². The molecule has 2 aromatic rings. The highest BCUT2D eigenvalue weighted by Gasteiger charge is 2.51. The number of rotatable bonds is 4. The van der Waals surface area contributed by atoms with E-state index in [-0.39, 0.29) is 16.8 Å². The smallest absolute Gasteiger partial charge is 0.276 e. The number of carbonyl (C=O) groups excluding carboxylic acids is 1. The zero-order chi connectivity index (χ0) is 16.9. The van der Waals surface area contributed by atoms with E-state index in [1.54, 1.807) is 12.4 Å². The molecule has 1 amide bonds. The molecule has 4 heterocycles. The van der Waals surface area contributed by atoms with Crippen molar-refractivity contribution >= 4 is 17.7 Å². The lowest BCUT2D eigenvalue weighted by Gasteiger charge is -2.47. The van der Waals surface area contributed by atoms with E-state index in [0.717, 1.165) is 49.6 Å². The quantitative estimate of drug-likeness (QED) is 0.838. The standard InChI is InChI=1S/C18H19N3O3S/c22-17(15-6-16(24-20-15)12-3-4-12)21-10-18(11-21)7-14(9-25-18)23-13-2-1-5-19-8-13/h1-2,5-6,8,12,14H,3-4,7,9-11H2. The van der Waals surface area contributed by atoms with Crippen LogP contribution in [0.5, 0.6) is 5.75 Å². The van der Waals surface area contributed by atoms with E-state index < -0.39 is 0 Å². The van der Waals surface area contributed by atoms with Crippen LogP contribution < -0.4 is 4.74 Å². The molecule has 0 radical (unpaired) electrons. The van der Waals surface area contributed by atoms with Gasteiger partial charge >= 0.3 is 0 Å². The normalized spacial score (nSPS) is 24.3. The molecular formula is C18H19N3O3S.